The van der Waals surface area contributed by atoms with E-state index < -0.39 is 0 Å². The Morgan fingerprint density at radius 3 is 2.69 bits per heavy atom. The number of fused-ring (bicyclic) bond motifs is 1. The van der Waals surface area contributed by atoms with E-state index in [1.165, 1.54) is 0 Å². The molecular weight excluding hydrogens is 204 g/mol. The predicted octanol–water partition coefficient (Wildman–Crippen LogP) is 2.24. The van der Waals surface area contributed by atoms with Gasteiger partial charge in [0.1, 0.15) is 0 Å². The van der Waals surface area contributed by atoms with Crippen LogP contribution in [0.5, 0.6) is 0 Å². The van der Waals surface area contributed by atoms with Gasteiger partial charge >= 0.3 is 0 Å². The molecule has 0 bridgehead atoms. The number of nitrogens with two attached hydrogens (primary N) is 1. The second kappa shape index (κ2) is 4.18. The third-order valence-electron chi connectivity index (χ3n) is 2.62. The van der Waals surface area contributed by atoms with Crippen LogP contribution in [0.2, 0.25) is 0 Å². The summed E-state index contributed by atoms with van der Waals surface area (Å²) in [5.74, 6) is 0. The van der Waals surface area contributed by atoms with Gasteiger partial charge in [0.05, 0.1) is 0 Å². The molecule has 0 heterocycles. The Bertz CT molecular complexity index is 538. The van der Waals surface area contributed by atoms with Crippen molar-refractivity contribution < 1.29 is 4.92 Å². The highest BCUT2D eigenvalue weighted by molar-refractivity contribution is 5.94. The molecule has 0 saturated heterocycles. The maximum absolute atomic E-state index is 10.3. The summed E-state index contributed by atoms with van der Waals surface area (Å²) in [5, 5.41) is 12.3. The molecule has 4 nitrogen and oxygen atoms in total. The number of benzene rings is 2. The van der Waals surface area contributed by atoms with Crippen molar-refractivity contribution >= 4 is 16.5 Å². The summed E-state index contributed by atoms with van der Waals surface area (Å²) in [6.45, 7) is -0.0808. The zero-order chi connectivity index (χ0) is 11.5. The van der Waals surface area contributed by atoms with Gasteiger partial charge in [0, 0.05) is 22.4 Å². The number of nitro groups is 1. The maximum atomic E-state index is 10.3. The fraction of sp³-hybridized carbons (Fsp3) is 0.167. The molecule has 0 atom stereocenters. The highest BCUT2D eigenvalue weighted by Crippen LogP contribution is 2.24. The van der Waals surface area contributed by atoms with Crippen LogP contribution in [0.3, 0.4) is 0 Å². The van der Waals surface area contributed by atoms with Crippen LogP contribution >= 0.6 is 0 Å². The molecule has 0 saturated carbocycles. The molecule has 0 unspecified atom stereocenters. The normalized spacial score (nSPS) is 10.5. The van der Waals surface area contributed by atoms with Gasteiger partial charge in [-0.05, 0) is 10.9 Å². The van der Waals surface area contributed by atoms with Crippen molar-refractivity contribution in [3.63, 3.8) is 0 Å². The Balaban J connectivity index is 2.40. The van der Waals surface area contributed by atoms with Gasteiger partial charge < -0.3 is 5.73 Å². The Hall–Kier alpha value is -2.10. The van der Waals surface area contributed by atoms with Crippen molar-refractivity contribution in [2.45, 2.75) is 6.42 Å². The van der Waals surface area contributed by atoms with Crippen LogP contribution in [0.15, 0.2) is 36.4 Å². The van der Waals surface area contributed by atoms with Crippen LogP contribution in [0.4, 0.5) is 5.69 Å². The molecule has 2 aromatic carbocycles. The first-order valence-electron chi connectivity index (χ1n) is 5.06. The molecule has 2 rings (SSSR count). The predicted molar refractivity (Wildman–Crippen MR) is 63.9 cm³/mol. The highest BCUT2D eigenvalue weighted by Gasteiger charge is 2.06. The smallest absolute Gasteiger partial charge is 0.207 e. The van der Waals surface area contributed by atoms with E-state index in [1.807, 2.05) is 36.4 Å². The van der Waals surface area contributed by atoms with Gasteiger partial charge in [-0.2, -0.15) is 0 Å². The molecule has 0 amide bonds. The topological polar surface area (TPSA) is 69.2 Å². The zero-order valence-electron chi connectivity index (χ0n) is 8.72. The lowest BCUT2D eigenvalue weighted by atomic mass is 10.0. The van der Waals surface area contributed by atoms with Crippen molar-refractivity contribution in [3.05, 3.63) is 52.1 Å². The van der Waals surface area contributed by atoms with Crippen molar-refractivity contribution in [3.8, 4) is 0 Å². The number of hydrogen-bond acceptors (Lipinski definition) is 3. The summed E-state index contributed by atoms with van der Waals surface area (Å²) in [6.07, 6.45) is 0.379. The fourth-order valence-electron chi connectivity index (χ4n) is 1.77. The minimum absolute atomic E-state index is 0.0808. The van der Waals surface area contributed by atoms with Crippen LogP contribution in [0, 0.1) is 10.1 Å². The SMILES string of the molecule is Nc1c(CC[N+](=O)[O-])ccc2ccccc12. The summed E-state index contributed by atoms with van der Waals surface area (Å²) in [5.41, 5.74) is 7.48. The first kappa shape index (κ1) is 10.4. The van der Waals surface area contributed by atoms with Gasteiger partial charge in [0.25, 0.3) is 0 Å². The number of hydrogen-bond donors (Lipinski definition) is 1. The van der Waals surface area contributed by atoms with Gasteiger partial charge in [-0.1, -0.05) is 36.4 Å². The molecule has 0 aliphatic heterocycles. The molecule has 2 aromatic rings. The monoisotopic (exact) mass is 216 g/mol. The van der Waals surface area contributed by atoms with Crippen molar-refractivity contribution in [2.24, 2.45) is 0 Å². The second-order valence-corrected chi connectivity index (χ2v) is 3.67. The average molecular weight is 216 g/mol. The Labute approximate surface area is 92.8 Å². The first-order valence-corrected chi connectivity index (χ1v) is 5.06. The van der Waals surface area contributed by atoms with E-state index >= 15 is 0 Å². The van der Waals surface area contributed by atoms with Crippen LogP contribution in [-0.2, 0) is 6.42 Å². The minimum Gasteiger partial charge on any atom is -0.398 e. The van der Waals surface area contributed by atoms with Crippen molar-refractivity contribution in [1.82, 2.24) is 0 Å². The summed E-state index contributed by atoms with van der Waals surface area (Å²) in [6, 6.07) is 11.6. The van der Waals surface area contributed by atoms with Gasteiger partial charge in [-0.25, -0.2) is 0 Å². The zero-order valence-corrected chi connectivity index (χ0v) is 8.72. The third-order valence-corrected chi connectivity index (χ3v) is 2.62. The number of nitrogens with zero attached hydrogens (tertiary/aromatic N) is 1. The number of nitrogen functional groups attached to an aromatic ring is 1. The molecular formula is C12H12N2O2. The van der Waals surface area contributed by atoms with E-state index in [0.717, 1.165) is 16.3 Å². The molecule has 2 N–H and O–H groups in total. The molecule has 4 heteroatoms. The van der Waals surface area contributed by atoms with Gasteiger partial charge in [0.15, 0.2) is 0 Å². The molecule has 0 radical (unpaired) electrons. The van der Waals surface area contributed by atoms with E-state index in [1.54, 1.807) is 0 Å². The van der Waals surface area contributed by atoms with E-state index in [-0.39, 0.29) is 11.5 Å². The van der Waals surface area contributed by atoms with Crippen molar-refractivity contribution in [1.29, 1.82) is 0 Å². The van der Waals surface area contributed by atoms with Gasteiger partial charge in [-0.15, -0.1) is 0 Å². The molecule has 82 valence electrons. The largest absolute Gasteiger partial charge is 0.398 e. The summed E-state index contributed by atoms with van der Waals surface area (Å²) < 4.78 is 0. The Morgan fingerprint density at radius 1 is 1.19 bits per heavy atom. The van der Waals surface area contributed by atoms with Gasteiger partial charge in [-0.3, -0.25) is 10.1 Å². The van der Waals surface area contributed by atoms with E-state index in [4.69, 9.17) is 5.73 Å². The molecule has 16 heavy (non-hydrogen) atoms. The van der Waals surface area contributed by atoms with Crippen molar-refractivity contribution in [2.75, 3.05) is 12.3 Å². The molecule has 0 aromatic heterocycles. The third kappa shape index (κ3) is 1.95. The lowest BCUT2D eigenvalue weighted by Gasteiger charge is -2.07. The lowest BCUT2D eigenvalue weighted by molar-refractivity contribution is -0.479. The van der Waals surface area contributed by atoms with Gasteiger partial charge in [0.2, 0.25) is 6.54 Å². The maximum Gasteiger partial charge on any atom is 0.207 e. The van der Waals surface area contributed by atoms with Crippen LogP contribution < -0.4 is 5.73 Å². The highest BCUT2D eigenvalue weighted by atomic mass is 16.6. The number of anilines is 1. The molecule has 0 aliphatic rings. The summed E-state index contributed by atoms with van der Waals surface area (Å²) in [4.78, 5) is 9.99. The molecule has 0 fully saturated rings. The first-order chi connectivity index (χ1) is 7.68. The van der Waals surface area contributed by atoms with E-state index in [9.17, 15) is 10.1 Å². The quantitative estimate of drug-likeness (QED) is 0.486. The van der Waals surface area contributed by atoms with E-state index in [2.05, 4.69) is 0 Å². The minimum atomic E-state index is -0.325. The summed E-state index contributed by atoms with van der Waals surface area (Å²) in [7, 11) is 0. The average Bonchev–Trinajstić information content (AvgIpc) is 2.28. The van der Waals surface area contributed by atoms with Crippen LogP contribution in [0.25, 0.3) is 10.8 Å². The molecule has 0 spiro atoms. The summed E-state index contributed by atoms with van der Waals surface area (Å²) >= 11 is 0. The van der Waals surface area contributed by atoms with E-state index in [0.29, 0.717) is 12.1 Å². The number of rotatable bonds is 3. The fourth-order valence-corrected chi connectivity index (χ4v) is 1.77. The lowest BCUT2D eigenvalue weighted by Crippen LogP contribution is -2.06. The van der Waals surface area contributed by atoms with Crippen LogP contribution in [-0.4, -0.2) is 11.5 Å². The Morgan fingerprint density at radius 2 is 1.94 bits per heavy atom. The standard InChI is InChI=1S/C12H12N2O2/c13-12-10(7-8-14(15)16)6-5-9-3-1-2-4-11(9)12/h1-6H,7-8,13H2. The Kier molecular flexibility index (Phi) is 2.72. The second-order valence-electron chi connectivity index (χ2n) is 3.67. The molecule has 0 aliphatic carbocycles. The van der Waals surface area contributed by atoms with Crippen LogP contribution in [0.1, 0.15) is 5.56 Å².